The molecule has 1 saturated carbocycles. The number of hydrazone groups is 1. The van der Waals surface area contributed by atoms with Crippen molar-refractivity contribution in [1.82, 2.24) is 5.43 Å². The van der Waals surface area contributed by atoms with E-state index in [0.717, 1.165) is 29.2 Å². The Morgan fingerprint density at radius 2 is 2.21 bits per heavy atom. The van der Waals surface area contributed by atoms with E-state index in [1.165, 1.54) is 12.0 Å². The van der Waals surface area contributed by atoms with Gasteiger partial charge in [-0.05, 0) is 66.7 Å². The summed E-state index contributed by atoms with van der Waals surface area (Å²) in [4.78, 5) is 11.9. The van der Waals surface area contributed by atoms with Gasteiger partial charge >= 0.3 is 0 Å². The number of fused-ring (bicyclic) bond motifs is 1. The fraction of sp³-hybridized carbons (Fsp3) is 0.500. The zero-order chi connectivity index (χ0) is 17.3. The van der Waals surface area contributed by atoms with Crippen molar-refractivity contribution in [1.29, 1.82) is 0 Å². The Kier molecular flexibility index (Phi) is 4.48. The molecule has 3 aliphatic rings. The highest BCUT2D eigenvalue weighted by Gasteiger charge is 2.50. The summed E-state index contributed by atoms with van der Waals surface area (Å²) in [5, 5.41) is 4.11. The number of hydrogen-bond donors (Lipinski definition) is 1. The monoisotopic (exact) mass is 326 g/mol. The Hall–Kier alpha value is -2.10. The van der Waals surface area contributed by atoms with Crippen molar-refractivity contribution in [2.45, 2.75) is 40.5 Å². The van der Waals surface area contributed by atoms with Gasteiger partial charge in [-0.25, -0.2) is 5.43 Å². The van der Waals surface area contributed by atoms with E-state index in [1.54, 1.807) is 6.21 Å². The molecule has 0 aliphatic heterocycles. The summed E-state index contributed by atoms with van der Waals surface area (Å²) in [5.74, 6) is 1.88. The number of carbonyl (C=O) groups excluding carboxylic acids is 1. The summed E-state index contributed by atoms with van der Waals surface area (Å²) >= 11 is 0. The smallest absolute Gasteiger partial charge is 0.277 e. The van der Waals surface area contributed by atoms with Crippen molar-refractivity contribution in [3.8, 4) is 5.75 Å². The van der Waals surface area contributed by atoms with Gasteiger partial charge in [0.25, 0.3) is 5.91 Å². The lowest BCUT2D eigenvalue weighted by molar-refractivity contribution is -0.123. The minimum Gasteiger partial charge on any atom is -0.483 e. The van der Waals surface area contributed by atoms with Crippen molar-refractivity contribution >= 4 is 12.1 Å². The van der Waals surface area contributed by atoms with Gasteiger partial charge in [-0.1, -0.05) is 32.1 Å². The predicted molar refractivity (Wildman–Crippen MR) is 96.1 cm³/mol. The molecular weight excluding hydrogens is 300 g/mol. The Bertz CT molecular complexity index is 704. The summed E-state index contributed by atoms with van der Waals surface area (Å²) < 4.78 is 5.58. The van der Waals surface area contributed by atoms with Crippen LogP contribution in [0.25, 0.3) is 0 Å². The van der Waals surface area contributed by atoms with Crippen molar-refractivity contribution in [3.63, 3.8) is 0 Å². The third-order valence-electron chi connectivity index (χ3n) is 5.62. The number of rotatable bonds is 5. The van der Waals surface area contributed by atoms with Gasteiger partial charge in [0.05, 0.1) is 6.21 Å². The van der Waals surface area contributed by atoms with Crippen LogP contribution in [0.1, 0.15) is 37.8 Å². The van der Waals surface area contributed by atoms with Crippen LogP contribution in [0.15, 0.2) is 34.9 Å². The number of carbonyl (C=O) groups is 1. The third kappa shape index (κ3) is 3.23. The van der Waals surface area contributed by atoms with E-state index in [4.69, 9.17) is 4.74 Å². The molecule has 0 unspecified atom stereocenters. The minimum absolute atomic E-state index is 0.0301. The molecule has 1 N–H and O–H groups in total. The quantitative estimate of drug-likeness (QED) is 0.661. The van der Waals surface area contributed by atoms with E-state index in [-0.39, 0.29) is 12.5 Å². The van der Waals surface area contributed by atoms with E-state index in [0.29, 0.717) is 11.3 Å². The Labute approximate surface area is 144 Å². The molecule has 4 heteroatoms. The van der Waals surface area contributed by atoms with E-state index in [2.05, 4.69) is 30.5 Å². The van der Waals surface area contributed by atoms with Gasteiger partial charge in [0.2, 0.25) is 0 Å². The normalized spacial score (nSPS) is 24.2. The largest absolute Gasteiger partial charge is 0.483 e. The summed E-state index contributed by atoms with van der Waals surface area (Å²) in [6.45, 7) is 8.58. The van der Waals surface area contributed by atoms with Crippen LogP contribution in [-0.4, -0.2) is 18.7 Å². The number of hydrogen-bond acceptors (Lipinski definition) is 3. The molecule has 128 valence electrons. The topological polar surface area (TPSA) is 50.7 Å². The molecule has 3 aliphatic carbocycles. The fourth-order valence-electron chi connectivity index (χ4n) is 3.76. The zero-order valence-electron chi connectivity index (χ0n) is 14.9. The molecule has 1 aromatic carbocycles. The zero-order valence-corrected chi connectivity index (χ0v) is 14.9. The summed E-state index contributed by atoms with van der Waals surface area (Å²) in [5.41, 5.74) is 6.31. The number of nitrogens with zero attached hydrogens (tertiary/aromatic N) is 1. The number of nitrogens with one attached hydrogen (secondary N) is 1. The minimum atomic E-state index is -0.241. The number of ether oxygens (including phenoxy) is 1. The number of amides is 1. The highest BCUT2D eigenvalue weighted by atomic mass is 16.5. The maximum Gasteiger partial charge on any atom is 0.277 e. The molecule has 4 nitrogen and oxygen atoms in total. The predicted octanol–water partition coefficient (Wildman–Crippen LogP) is 3.78. The van der Waals surface area contributed by atoms with Crippen molar-refractivity contribution in [2.24, 2.45) is 22.4 Å². The number of aryl methyl sites for hydroxylation is 2. The molecule has 2 bridgehead atoms. The highest BCUT2D eigenvalue weighted by Crippen LogP contribution is 2.58. The first-order chi connectivity index (χ1) is 11.4. The second-order valence-corrected chi connectivity index (χ2v) is 7.60. The maximum absolute atomic E-state index is 11.9. The lowest BCUT2D eigenvalue weighted by Gasteiger charge is -2.55. The first-order valence-corrected chi connectivity index (χ1v) is 8.60. The van der Waals surface area contributed by atoms with Gasteiger partial charge in [0.1, 0.15) is 5.75 Å². The van der Waals surface area contributed by atoms with Gasteiger partial charge in [-0.3, -0.25) is 4.79 Å². The average molecular weight is 326 g/mol. The van der Waals surface area contributed by atoms with Crippen molar-refractivity contribution < 1.29 is 9.53 Å². The van der Waals surface area contributed by atoms with Crippen LogP contribution >= 0.6 is 0 Å². The standard InChI is InChI=1S/C20H26N2O2/c1-13-5-6-14(2)18(9-13)24-12-19(23)22-21-11-15-7-8-16-10-17(15)20(16,3)4/h5-7,9,11,16-17H,8,10,12H2,1-4H3,(H,22,23)/b21-11-/t16-,17+/m1/s1. The summed E-state index contributed by atoms with van der Waals surface area (Å²) in [7, 11) is 0. The second-order valence-electron chi connectivity index (χ2n) is 7.60. The SMILES string of the molecule is Cc1ccc(C)c(OCC(=O)N/N=C\C2=CC[C@@H]3C[C@@H]2C3(C)C)c1. The average Bonchev–Trinajstić information content (AvgIpc) is 2.55. The summed E-state index contributed by atoms with van der Waals surface area (Å²) in [6, 6.07) is 5.95. The van der Waals surface area contributed by atoms with Crippen LogP contribution in [0.3, 0.4) is 0 Å². The van der Waals surface area contributed by atoms with E-state index in [9.17, 15) is 4.79 Å². The van der Waals surface area contributed by atoms with E-state index < -0.39 is 0 Å². The third-order valence-corrected chi connectivity index (χ3v) is 5.62. The molecular formula is C20H26N2O2. The Morgan fingerprint density at radius 3 is 2.92 bits per heavy atom. The Balaban J connectivity index is 1.49. The molecule has 0 aromatic heterocycles. The van der Waals surface area contributed by atoms with Gasteiger partial charge in [-0.2, -0.15) is 5.10 Å². The lowest BCUT2D eigenvalue weighted by Crippen LogP contribution is -2.48. The molecule has 1 fully saturated rings. The van der Waals surface area contributed by atoms with Crippen LogP contribution < -0.4 is 10.2 Å². The van der Waals surface area contributed by atoms with Gasteiger partial charge in [0, 0.05) is 0 Å². The fourth-order valence-corrected chi connectivity index (χ4v) is 3.76. The van der Waals surface area contributed by atoms with Crippen molar-refractivity contribution in [3.05, 3.63) is 41.0 Å². The number of allylic oxidation sites excluding steroid dienone is 2. The molecule has 0 heterocycles. The van der Waals surface area contributed by atoms with E-state index >= 15 is 0 Å². The van der Waals surface area contributed by atoms with Gasteiger partial charge in [0.15, 0.2) is 6.61 Å². The van der Waals surface area contributed by atoms with Crippen LogP contribution in [0.4, 0.5) is 0 Å². The molecule has 0 spiro atoms. The highest BCUT2D eigenvalue weighted by molar-refractivity contribution is 5.83. The number of benzene rings is 1. The van der Waals surface area contributed by atoms with Crippen molar-refractivity contribution in [2.75, 3.05) is 6.61 Å². The molecule has 0 radical (unpaired) electrons. The molecule has 1 amide bonds. The molecule has 0 saturated heterocycles. The molecule has 4 rings (SSSR count). The second kappa shape index (κ2) is 6.42. The molecule has 24 heavy (non-hydrogen) atoms. The summed E-state index contributed by atoms with van der Waals surface area (Å²) in [6.07, 6.45) is 6.42. The Morgan fingerprint density at radius 1 is 1.42 bits per heavy atom. The van der Waals surface area contributed by atoms with Crippen LogP contribution in [-0.2, 0) is 4.79 Å². The van der Waals surface area contributed by atoms with Gasteiger partial charge in [-0.15, -0.1) is 0 Å². The first-order valence-electron chi connectivity index (χ1n) is 8.60. The lowest BCUT2D eigenvalue weighted by atomic mass is 9.49. The van der Waals surface area contributed by atoms with Crippen LogP contribution in [0.2, 0.25) is 0 Å². The molecule has 2 atom stereocenters. The van der Waals surface area contributed by atoms with Crippen LogP contribution in [0, 0.1) is 31.1 Å². The van der Waals surface area contributed by atoms with Crippen LogP contribution in [0.5, 0.6) is 5.75 Å². The maximum atomic E-state index is 11.9. The molecule has 1 aromatic rings. The first kappa shape index (κ1) is 16.7. The van der Waals surface area contributed by atoms with Gasteiger partial charge < -0.3 is 4.74 Å². The van der Waals surface area contributed by atoms with E-state index in [1.807, 2.05) is 32.0 Å².